The van der Waals surface area contributed by atoms with E-state index in [4.69, 9.17) is 0 Å². The summed E-state index contributed by atoms with van der Waals surface area (Å²) in [5.41, 5.74) is 0.417. The van der Waals surface area contributed by atoms with Gasteiger partial charge in [-0.15, -0.1) is 24.0 Å². The first-order chi connectivity index (χ1) is 12.9. The van der Waals surface area contributed by atoms with Crippen molar-refractivity contribution < 1.29 is 4.79 Å². The quantitative estimate of drug-likeness (QED) is 0.249. The van der Waals surface area contributed by atoms with E-state index in [9.17, 15) is 4.79 Å². The second-order valence-electron chi connectivity index (χ2n) is 8.84. The molecule has 2 heterocycles. The summed E-state index contributed by atoms with van der Waals surface area (Å²) >= 11 is 0. The monoisotopic (exact) mass is 507 g/mol. The number of hydrogen-bond acceptors (Lipinski definition) is 3. The topological polar surface area (TPSA) is 51.2 Å². The normalized spacial score (nSPS) is 26.1. The molecule has 0 saturated carbocycles. The fraction of sp³-hybridized carbons (Fsp3) is 0.905. The standard InChI is InChI=1S/C21H41N5O.HI/c1-6-11-21(2)12-8-15-26(17-21)20(22-3)23-13-9-16-25-14-7-10-18(25)19(27)24(4)5;/h18H,6-17H2,1-5H3,(H,22,23);1H. The van der Waals surface area contributed by atoms with Crippen molar-refractivity contribution in [1.82, 2.24) is 20.0 Å². The molecule has 0 aliphatic carbocycles. The molecule has 2 saturated heterocycles. The van der Waals surface area contributed by atoms with Crippen LogP contribution >= 0.6 is 24.0 Å². The van der Waals surface area contributed by atoms with Gasteiger partial charge in [0, 0.05) is 47.3 Å². The Kier molecular flexibility index (Phi) is 11.1. The molecule has 2 fully saturated rings. The van der Waals surface area contributed by atoms with Gasteiger partial charge in [-0.2, -0.15) is 0 Å². The van der Waals surface area contributed by atoms with Gasteiger partial charge in [-0.1, -0.05) is 20.3 Å². The molecular formula is C21H42IN5O. The zero-order valence-corrected chi connectivity index (χ0v) is 21.0. The minimum atomic E-state index is 0. The molecule has 7 heteroatoms. The van der Waals surface area contributed by atoms with Crippen LogP contribution in [-0.2, 0) is 4.79 Å². The van der Waals surface area contributed by atoms with Gasteiger partial charge in [0.15, 0.2) is 5.96 Å². The van der Waals surface area contributed by atoms with E-state index < -0.39 is 0 Å². The number of carbonyl (C=O) groups is 1. The summed E-state index contributed by atoms with van der Waals surface area (Å²) in [7, 11) is 5.60. The van der Waals surface area contributed by atoms with E-state index in [1.807, 2.05) is 21.1 Å². The maximum absolute atomic E-state index is 12.3. The van der Waals surface area contributed by atoms with Gasteiger partial charge in [-0.05, 0) is 50.5 Å². The van der Waals surface area contributed by atoms with Gasteiger partial charge in [0.1, 0.15) is 0 Å². The van der Waals surface area contributed by atoms with Gasteiger partial charge >= 0.3 is 0 Å². The number of nitrogens with zero attached hydrogens (tertiary/aromatic N) is 4. The van der Waals surface area contributed by atoms with Crippen LogP contribution in [0.15, 0.2) is 4.99 Å². The Labute approximate surface area is 189 Å². The van der Waals surface area contributed by atoms with Crippen molar-refractivity contribution in [3.63, 3.8) is 0 Å². The molecular weight excluding hydrogens is 465 g/mol. The number of amides is 1. The number of halogens is 1. The van der Waals surface area contributed by atoms with Gasteiger partial charge in [-0.25, -0.2) is 0 Å². The third-order valence-corrected chi connectivity index (χ3v) is 6.14. The minimum absolute atomic E-state index is 0. The highest BCUT2D eigenvalue weighted by Crippen LogP contribution is 2.33. The van der Waals surface area contributed by atoms with Crippen LogP contribution in [0.1, 0.15) is 58.8 Å². The van der Waals surface area contributed by atoms with Crippen LogP contribution in [0, 0.1) is 5.41 Å². The number of nitrogens with one attached hydrogen (secondary N) is 1. The average molecular weight is 508 g/mol. The molecule has 0 radical (unpaired) electrons. The minimum Gasteiger partial charge on any atom is -0.356 e. The van der Waals surface area contributed by atoms with Gasteiger partial charge < -0.3 is 15.1 Å². The number of likely N-dealkylation sites (N-methyl/N-ethyl adjacent to an activating group) is 1. The fourth-order valence-electron chi connectivity index (χ4n) is 4.79. The predicted molar refractivity (Wildman–Crippen MR) is 129 cm³/mol. The lowest BCUT2D eigenvalue weighted by Gasteiger charge is -2.42. The zero-order chi connectivity index (χ0) is 19.9. The summed E-state index contributed by atoms with van der Waals surface area (Å²) in [6.45, 7) is 9.83. The number of rotatable bonds is 7. The number of guanidine groups is 1. The largest absolute Gasteiger partial charge is 0.356 e. The second-order valence-corrected chi connectivity index (χ2v) is 8.84. The molecule has 0 aromatic rings. The molecule has 0 bridgehead atoms. The molecule has 0 aromatic heterocycles. The van der Waals surface area contributed by atoms with Crippen LogP contribution in [0.25, 0.3) is 0 Å². The molecule has 2 aliphatic heterocycles. The first-order valence-corrected chi connectivity index (χ1v) is 10.8. The molecule has 2 aliphatic rings. The summed E-state index contributed by atoms with van der Waals surface area (Å²) in [5, 5.41) is 3.56. The molecule has 0 spiro atoms. The number of hydrogen-bond donors (Lipinski definition) is 1. The Balaban J connectivity index is 0.00000392. The van der Waals surface area contributed by atoms with E-state index in [2.05, 4.69) is 34.0 Å². The third-order valence-electron chi connectivity index (χ3n) is 6.14. The summed E-state index contributed by atoms with van der Waals surface area (Å²) in [4.78, 5) is 23.4. The molecule has 6 nitrogen and oxygen atoms in total. The van der Waals surface area contributed by atoms with E-state index in [0.29, 0.717) is 5.41 Å². The molecule has 164 valence electrons. The van der Waals surface area contributed by atoms with Crippen molar-refractivity contribution >= 4 is 35.8 Å². The van der Waals surface area contributed by atoms with Crippen molar-refractivity contribution in [2.45, 2.75) is 64.8 Å². The number of aliphatic imine (C=N–C) groups is 1. The first-order valence-electron chi connectivity index (χ1n) is 10.8. The predicted octanol–water partition coefficient (Wildman–Crippen LogP) is 3.02. The Hall–Kier alpha value is -0.570. The lowest BCUT2D eigenvalue weighted by Crippen LogP contribution is -2.50. The van der Waals surface area contributed by atoms with E-state index >= 15 is 0 Å². The fourth-order valence-corrected chi connectivity index (χ4v) is 4.79. The van der Waals surface area contributed by atoms with Crippen molar-refractivity contribution in [3.8, 4) is 0 Å². The lowest BCUT2D eigenvalue weighted by atomic mass is 9.78. The van der Waals surface area contributed by atoms with Crippen LogP contribution in [0.4, 0.5) is 0 Å². The average Bonchev–Trinajstić information content (AvgIpc) is 3.09. The second kappa shape index (κ2) is 12.2. The SMILES string of the molecule is CCCC1(C)CCCN(C(=NC)NCCCN2CCCC2C(=O)N(C)C)C1.I. The van der Waals surface area contributed by atoms with Gasteiger partial charge in [0.2, 0.25) is 5.91 Å². The summed E-state index contributed by atoms with van der Waals surface area (Å²) in [5.74, 6) is 1.29. The van der Waals surface area contributed by atoms with E-state index in [1.165, 1.54) is 25.7 Å². The van der Waals surface area contributed by atoms with Crippen LogP contribution in [0.3, 0.4) is 0 Å². The third kappa shape index (κ3) is 7.04. The summed E-state index contributed by atoms with van der Waals surface area (Å²) in [6.07, 6.45) is 8.27. The first kappa shape index (κ1) is 25.5. The Morgan fingerprint density at radius 1 is 1.29 bits per heavy atom. The van der Waals surface area contributed by atoms with E-state index in [1.54, 1.807) is 4.90 Å². The molecule has 28 heavy (non-hydrogen) atoms. The number of likely N-dealkylation sites (tertiary alicyclic amines) is 2. The Morgan fingerprint density at radius 2 is 2.04 bits per heavy atom. The molecule has 1 N–H and O–H groups in total. The lowest BCUT2D eigenvalue weighted by molar-refractivity contribution is -0.133. The van der Waals surface area contributed by atoms with Crippen LogP contribution < -0.4 is 5.32 Å². The van der Waals surface area contributed by atoms with Gasteiger partial charge in [0.05, 0.1) is 6.04 Å². The van der Waals surface area contributed by atoms with Crippen molar-refractivity contribution in [2.75, 3.05) is 53.9 Å². The highest BCUT2D eigenvalue weighted by atomic mass is 127. The number of carbonyl (C=O) groups excluding carboxylic acids is 1. The summed E-state index contributed by atoms with van der Waals surface area (Å²) in [6, 6.07) is 0.0798. The highest BCUT2D eigenvalue weighted by Gasteiger charge is 2.32. The Bertz CT molecular complexity index is 509. The van der Waals surface area contributed by atoms with E-state index in [-0.39, 0.29) is 35.9 Å². The molecule has 2 rings (SSSR count). The van der Waals surface area contributed by atoms with Gasteiger partial charge in [0.25, 0.3) is 0 Å². The maximum atomic E-state index is 12.3. The van der Waals surface area contributed by atoms with Gasteiger partial charge in [-0.3, -0.25) is 14.7 Å². The smallest absolute Gasteiger partial charge is 0.239 e. The zero-order valence-electron chi connectivity index (χ0n) is 18.7. The molecule has 0 aromatic carbocycles. The van der Waals surface area contributed by atoms with Crippen LogP contribution in [0.5, 0.6) is 0 Å². The van der Waals surface area contributed by atoms with Crippen molar-refractivity contribution in [1.29, 1.82) is 0 Å². The van der Waals surface area contributed by atoms with Crippen molar-refractivity contribution in [2.24, 2.45) is 10.4 Å². The molecule has 1 amide bonds. The van der Waals surface area contributed by atoms with Crippen molar-refractivity contribution in [3.05, 3.63) is 0 Å². The van der Waals surface area contributed by atoms with E-state index in [0.717, 1.165) is 57.9 Å². The van der Waals surface area contributed by atoms with Crippen LogP contribution in [0.2, 0.25) is 0 Å². The molecule has 2 atom stereocenters. The Morgan fingerprint density at radius 3 is 2.68 bits per heavy atom. The summed E-state index contributed by atoms with van der Waals surface area (Å²) < 4.78 is 0. The highest BCUT2D eigenvalue weighted by molar-refractivity contribution is 14.0. The maximum Gasteiger partial charge on any atom is 0.239 e. The molecule has 2 unspecified atom stereocenters. The number of piperidine rings is 1. The van der Waals surface area contributed by atoms with Crippen LogP contribution in [-0.4, -0.2) is 86.5 Å².